The van der Waals surface area contributed by atoms with Gasteiger partial charge in [0.2, 0.25) is 0 Å². The number of phosphoric ester groups is 1. The highest BCUT2D eigenvalue weighted by atomic mass is 31.2. The maximum Gasteiger partial charge on any atom is 0.472 e. The molecular formula is C56H97O9P. The Balaban J connectivity index is 4.15. The Morgan fingerprint density at radius 1 is 0.485 bits per heavy atom. The third-order valence-electron chi connectivity index (χ3n) is 10.8. The molecule has 3 unspecified atom stereocenters. The van der Waals surface area contributed by atoms with Crippen molar-refractivity contribution in [2.75, 3.05) is 33.0 Å². The summed E-state index contributed by atoms with van der Waals surface area (Å²) in [5.41, 5.74) is 0. The fourth-order valence-electron chi connectivity index (χ4n) is 6.80. The number of phosphoric acid groups is 1. The molecule has 0 amide bonds. The molecule has 0 spiro atoms. The molecule has 0 aliphatic rings. The summed E-state index contributed by atoms with van der Waals surface area (Å²) in [6.07, 6.45) is 66.6. The molecule has 0 fully saturated rings. The Bertz CT molecular complexity index is 1350. The molecule has 9 nitrogen and oxygen atoms in total. The van der Waals surface area contributed by atoms with Gasteiger partial charge in [-0.05, 0) is 96.3 Å². The van der Waals surface area contributed by atoms with Crippen LogP contribution in [-0.4, -0.2) is 66.3 Å². The Morgan fingerprint density at radius 2 is 0.864 bits per heavy atom. The molecule has 0 saturated heterocycles. The quantitative estimate of drug-likeness (QED) is 0.0236. The molecule has 380 valence electrons. The Labute approximate surface area is 404 Å². The third-order valence-corrected chi connectivity index (χ3v) is 11.7. The lowest BCUT2D eigenvalue weighted by Crippen LogP contribution is -2.29. The Morgan fingerprint density at radius 3 is 1.30 bits per heavy atom. The Kier molecular flexibility index (Phi) is 49.7. The zero-order chi connectivity index (χ0) is 48.1. The maximum absolute atomic E-state index is 12.7. The highest BCUT2D eigenvalue weighted by Crippen LogP contribution is 2.43. The summed E-state index contributed by atoms with van der Waals surface area (Å²) in [6, 6.07) is 0. The van der Waals surface area contributed by atoms with Gasteiger partial charge in [0, 0.05) is 13.0 Å². The van der Waals surface area contributed by atoms with Crippen LogP contribution in [0, 0.1) is 0 Å². The summed E-state index contributed by atoms with van der Waals surface area (Å²) in [6.45, 7) is 3.35. The van der Waals surface area contributed by atoms with Crippen molar-refractivity contribution in [1.82, 2.24) is 0 Å². The van der Waals surface area contributed by atoms with E-state index in [4.69, 9.17) is 23.6 Å². The molecule has 0 bridgehead atoms. The first kappa shape index (κ1) is 63.4. The van der Waals surface area contributed by atoms with Crippen molar-refractivity contribution in [2.24, 2.45) is 0 Å². The summed E-state index contributed by atoms with van der Waals surface area (Å²) in [7, 11) is -4.54. The number of carbonyl (C=O) groups is 1. The van der Waals surface area contributed by atoms with E-state index in [1.165, 1.54) is 77.0 Å². The number of aliphatic hydroxyl groups is 2. The van der Waals surface area contributed by atoms with Gasteiger partial charge in [0.05, 0.1) is 26.4 Å². The lowest BCUT2D eigenvalue weighted by Gasteiger charge is -2.20. The van der Waals surface area contributed by atoms with E-state index in [1.807, 2.05) is 0 Å². The number of rotatable bonds is 49. The average Bonchev–Trinajstić information content (AvgIpc) is 3.31. The second kappa shape index (κ2) is 51.8. The van der Waals surface area contributed by atoms with Crippen molar-refractivity contribution >= 4 is 13.8 Å². The number of carbonyl (C=O) groups excluding carboxylic acids is 1. The van der Waals surface area contributed by atoms with E-state index in [0.29, 0.717) is 13.0 Å². The number of esters is 1. The Hall–Kier alpha value is -2.62. The topological polar surface area (TPSA) is 132 Å². The molecule has 0 aromatic carbocycles. The highest BCUT2D eigenvalue weighted by molar-refractivity contribution is 7.47. The number of aliphatic hydroxyl groups excluding tert-OH is 2. The molecule has 0 heterocycles. The molecule has 0 saturated carbocycles. The van der Waals surface area contributed by atoms with Crippen LogP contribution in [0.25, 0.3) is 0 Å². The minimum atomic E-state index is -4.54. The van der Waals surface area contributed by atoms with E-state index in [-0.39, 0.29) is 13.0 Å². The van der Waals surface area contributed by atoms with Gasteiger partial charge < -0.3 is 24.6 Å². The number of hydrogen-bond donors (Lipinski definition) is 3. The van der Waals surface area contributed by atoms with E-state index >= 15 is 0 Å². The van der Waals surface area contributed by atoms with Gasteiger partial charge in [-0.1, -0.05) is 201 Å². The fraction of sp³-hybridized carbons (Fsp3) is 0.696. The van der Waals surface area contributed by atoms with Crippen LogP contribution in [0.1, 0.15) is 206 Å². The maximum atomic E-state index is 12.7. The highest BCUT2D eigenvalue weighted by Gasteiger charge is 2.26. The van der Waals surface area contributed by atoms with Crippen LogP contribution in [0.3, 0.4) is 0 Å². The van der Waals surface area contributed by atoms with Gasteiger partial charge in [-0.25, -0.2) is 4.57 Å². The smallest absolute Gasteiger partial charge is 0.457 e. The van der Waals surface area contributed by atoms with Gasteiger partial charge >= 0.3 is 13.8 Å². The number of unbranched alkanes of at least 4 members (excludes halogenated alkanes) is 19. The summed E-state index contributed by atoms with van der Waals surface area (Å²) >= 11 is 0. The van der Waals surface area contributed by atoms with Gasteiger partial charge in [-0.2, -0.15) is 0 Å². The van der Waals surface area contributed by atoms with E-state index in [1.54, 1.807) is 0 Å². The summed E-state index contributed by atoms with van der Waals surface area (Å²) in [4.78, 5) is 22.7. The zero-order valence-electron chi connectivity index (χ0n) is 41.9. The van der Waals surface area contributed by atoms with Crippen molar-refractivity contribution in [3.63, 3.8) is 0 Å². The van der Waals surface area contributed by atoms with Crippen LogP contribution in [0.2, 0.25) is 0 Å². The van der Waals surface area contributed by atoms with Gasteiger partial charge in [0.15, 0.2) is 0 Å². The van der Waals surface area contributed by atoms with Crippen molar-refractivity contribution in [2.45, 2.75) is 219 Å². The molecule has 0 aromatic heterocycles. The second-order valence-corrected chi connectivity index (χ2v) is 18.6. The minimum Gasteiger partial charge on any atom is -0.457 e. The molecule has 0 rings (SSSR count). The molecule has 0 aromatic rings. The SMILES string of the molecule is CC/C=C\C/C=C\C/C=C\C/C=C\C/C=C\CCCCCCCC(=O)OC(COCCCCCCCCCCC/C=C\C/C=C\C/C=C\CCCCCCC)COP(=O)(O)OCC(O)CO. The summed E-state index contributed by atoms with van der Waals surface area (Å²) in [5.74, 6) is -0.405. The van der Waals surface area contributed by atoms with Gasteiger partial charge in [-0.3, -0.25) is 13.8 Å². The van der Waals surface area contributed by atoms with Crippen molar-refractivity contribution in [3.8, 4) is 0 Å². The lowest BCUT2D eigenvalue weighted by atomic mass is 10.1. The number of hydrogen-bond acceptors (Lipinski definition) is 8. The van der Waals surface area contributed by atoms with Crippen molar-refractivity contribution in [3.05, 3.63) is 97.2 Å². The van der Waals surface area contributed by atoms with E-state index < -0.39 is 45.8 Å². The number of ether oxygens (including phenoxy) is 2. The monoisotopic (exact) mass is 945 g/mol. The van der Waals surface area contributed by atoms with Crippen LogP contribution in [0.4, 0.5) is 0 Å². The lowest BCUT2D eigenvalue weighted by molar-refractivity contribution is -0.154. The van der Waals surface area contributed by atoms with Crippen LogP contribution < -0.4 is 0 Å². The van der Waals surface area contributed by atoms with Crippen LogP contribution >= 0.6 is 7.82 Å². The minimum absolute atomic E-state index is 0.0314. The predicted octanol–water partition coefficient (Wildman–Crippen LogP) is 15.6. The van der Waals surface area contributed by atoms with E-state index in [9.17, 15) is 19.4 Å². The van der Waals surface area contributed by atoms with Crippen LogP contribution in [0.15, 0.2) is 97.2 Å². The zero-order valence-corrected chi connectivity index (χ0v) is 42.8. The van der Waals surface area contributed by atoms with Gasteiger partial charge in [-0.15, -0.1) is 0 Å². The largest absolute Gasteiger partial charge is 0.472 e. The second-order valence-electron chi connectivity index (χ2n) is 17.2. The summed E-state index contributed by atoms with van der Waals surface area (Å²) in [5, 5.41) is 18.4. The molecule has 0 radical (unpaired) electrons. The standard InChI is InChI=1S/C56H97O9P/c1-3-5-7-9-11-13-15-17-19-21-23-25-26-27-29-31-33-35-37-39-41-43-45-47-49-62-52-55(53-64-66(60,61)63-51-54(58)50-57)65-56(59)48-46-44-42-40-38-36-34-32-30-28-24-22-20-18-16-14-12-10-8-6-4-2/h6,8,12,14-15,17-18,20-21,23-24,26-28,32,34,54-55,57-58H,3-5,7,9-11,13,16,19,22,25,29-31,33,35-53H2,1-2H3,(H,60,61)/b8-6-,14-12-,17-15-,20-18-,23-21-,27-26-,28-24-,34-32-. The molecule has 3 atom stereocenters. The molecule has 0 aliphatic carbocycles. The van der Waals surface area contributed by atoms with Gasteiger partial charge in [0.25, 0.3) is 0 Å². The van der Waals surface area contributed by atoms with Crippen LogP contribution in [-0.2, 0) is 27.9 Å². The molecule has 66 heavy (non-hydrogen) atoms. The van der Waals surface area contributed by atoms with Crippen molar-refractivity contribution < 1.29 is 43.0 Å². The normalized spacial score (nSPS) is 14.6. The predicted molar refractivity (Wildman–Crippen MR) is 278 cm³/mol. The van der Waals surface area contributed by atoms with E-state index in [0.717, 1.165) is 103 Å². The summed E-state index contributed by atoms with van der Waals surface area (Å²) < 4.78 is 33.5. The molecule has 3 N–H and O–H groups in total. The number of allylic oxidation sites excluding steroid dienone is 16. The molecular weight excluding hydrogens is 848 g/mol. The molecule has 10 heteroatoms. The van der Waals surface area contributed by atoms with Crippen LogP contribution in [0.5, 0.6) is 0 Å². The first-order valence-electron chi connectivity index (χ1n) is 26.2. The fourth-order valence-corrected chi connectivity index (χ4v) is 7.59. The van der Waals surface area contributed by atoms with Crippen molar-refractivity contribution in [1.29, 1.82) is 0 Å². The van der Waals surface area contributed by atoms with Gasteiger partial charge in [0.1, 0.15) is 12.2 Å². The average molecular weight is 945 g/mol. The third kappa shape index (κ3) is 50.8. The first-order chi connectivity index (χ1) is 32.3. The first-order valence-corrected chi connectivity index (χ1v) is 27.7. The van der Waals surface area contributed by atoms with E-state index in [2.05, 4.69) is 111 Å². The molecule has 0 aliphatic heterocycles.